The third-order valence-electron chi connectivity index (χ3n) is 3.71. The summed E-state index contributed by atoms with van der Waals surface area (Å²) < 4.78 is 0. The average Bonchev–Trinajstić information content (AvgIpc) is 2.57. The van der Waals surface area contributed by atoms with Gasteiger partial charge in [-0.1, -0.05) is 84.9 Å². The Morgan fingerprint density at radius 2 is 1.05 bits per heavy atom. The first-order chi connectivity index (χ1) is 10.8. The standard InChI is InChI=1S/C20H20NP/c1-16(21)17-12-14-20(15-13-17)22(18-8-4-2-5-9-18)19-10-6-3-7-11-19/h2-16H,21H2,1H3/t16-/m0/s1. The van der Waals surface area contributed by atoms with Crippen LogP contribution in [0, 0.1) is 0 Å². The largest absolute Gasteiger partial charge is 0.324 e. The van der Waals surface area contributed by atoms with Crippen LogP contribution in [-0.2, 0) is 0 Å². The van der Waals surface area contributed by atoms with Crippen molar-refractivity contribution >= 4 is 23.8 Å². The Labute approximate surface area is 133 Å². The molecule has 0 aromatic heterocycles. The number of rotatable bonds is 4. The van der Waals surface area contributed by atoms with Crippen LogP contribution in [0.25, 0.3) is 0 Å². The number of benzene rings is 3. The van der Waals surface area contributed by atoms with Gasteiger partial charge in [0.25, 0.3) is 0 Å². The van der Waals surface area contributed by atoms with E-state index in [0.717, 1.165) is 0 Å². The highest BCUT2D eigenvalue weighted by atomic mass is 31.1. The Morgan fingerprint density at radius 3 is 1.45 bits per heavy atom. The maximum atomic E-state index is 5.97. The van der Waals surface area contributed by atoms with Crippen molar-refractivity contribution in [3.63, 3.8) is 0 Å². The lowest BCUT2D eigenvalue weighted by molar-refractivity contribution is 0.819. The molecule has 0 unspecified atom stereocenters. The van der Waals surface area contributed by atoms with Crippen molar-refractivity contribution in [2.24, 2.45) is 5.73 Å². The molecule has 0 radical (unpaired) electrons. The highest BCUT2D eigenvalue weighted by molar-refractivity contribution is 7.79. The molecule has 3 aromatic carbocycles. The van der Waals surface area contributed by atoms with E-state index in [1.54, 1.807) is 0 Å². The molecule has 0 saturated carbocycles. The Morgan fingerprint density at radius 1 is 0.636 bits per heavy atom. The molecule has 0 aliphatic carbocycles. The lowest BCUT2D eigenvalue weighted by Gasteiger charge is -2.20. The zero-order chi connectivity index (χ0) is 15.4. The van der Waals surface area contributed by atoms with Crippen LogP contribution in [0.1, 0.15) is 18.5 Å². The molecule has 1 nitrogen and oxygen atoms in total. The molecule has 0 heterocycles. The van der Waals surface area contributed by atoms with Gasteiger partial charge in [0.05, 0.1) is 0 Å². The van der Waals surface area contributed by atoms with Gasteiger partial charge in [0.1, 0.15) is 0 Å². The molecule has 0 aliphatic heterocycles. The van der Waals surface area contributed by atoms with Gasteiger partial charge in [-0.05, 0) is 36.3 Å². The van der Waals surface area contributed by atoms with Crippen LogP contribution in [0.2, 0.25) is 0 Å². The van der Waals surface area contributed by atoms with Gasteiger partial charge in [-0.25, -0.2) is 0 Å². The monoisotopic (exact) mass is 305 g/mol. The van der Waals surface area contributed by atoms with Crippen molar-refractivity contribution in [1.29, 1.82) is 0 Å². The fourth-order valence-corrected chi connectivity index (χ4v) is 4.81. The van der Waals surface area contributed by atoms with Crippen molar-refractivity contribution in [3.05, 3.63) is 90.5 Å². The summed E-state index contributed by atoms with van der Waals surface area (Å²) in [5, 5.41) is 4.10. The molecule has 0 bridgehead atoms. The minimum absolute atomic E-state index is 0.0775. The summed E-state index contributed by atoms with van der Waals surface area (Å²) in [7, 11) is -0.518. The smallest absolute Gasteiger partial charge is 0.0266 e. The molecule has 3 rings (SSSR count). The Hall–Kier alpha value is -1.95. The average molecular weight is 305 g/mol. The molecule has 0 fully saturated rings. The van der Waals surface area contributed by atoms with E-state index in [1.807, 2.05) is 6.92 Å². The summed E-state index contributed by atoms with van der Waals surface area (Å²) >= 11 is 0. The van der Waals surface area contributed by atoms with Crippen molar-refractivity contribution in [2.45, 2.75) is 13.0 Å². The first-order valence-electron chi connectivity index (χ1n) is 7.51. The highest BCUT2D eigenvalue weighted by Gasteiger charge is 2.15. The summed E-state index contributed by atoms with van der Waals surface area (Å²) in [6.07, 6.45) is 0. The van der Waals surface area contributed by atoms with E-state index < -0.39 is 7.92 Å². The number of hydrogen-bond acceptors (Lipinski definition) is 1. The molecule has 3 aromatic rings. The summed E-state index contributed by atoms with van der Waals surface area (Å²) in [5.74, 6) is 0. The van der Waals surface area contributed by atoms with Crippen LogP contribution in [0.4, 0.5) is 0 Å². The minimum atomic E-state index is -0.518. The molecule has 1 atom stereocenters. The zero-order valence-corrected chi connectivity index (χ0v) is 13.6. The van der Waals surface area contributed by atoms with Gasteiger partial charge in [-0.15, -0.1) is 0 Å². The molecular formula is C20H20NP. The van der Waals surface area contributed by atoms with E-state index in [9.17, 15) is 0 Å². The summed E-state index contributed by atoms with van der Waals surface area (Å²) in [5.41, 5.74) is 7.15. The first kappa shape index (κ1) is 15.0. The zero-order valence-electron chi connectivity index (χ0n) is 12.7. The molecule has 22 heavy (non-hydrogen) atoms. The highest BCUT2D eigenvalue weighted by Crippen LogP contribution is 2.32. The second kappa shape index (κ2) is 6.87. The molecule has 2 N–H and O–H groups in total. The fraction of sp³-hybridized carbons (Fsp3) is 0.100. The molecule has 0 aliphatic rings. The summed E-state index contributed by atoms with van der Waals surface area (Å²) in [6, 6.07) is 30.3. The van der Waals surface area contributed by atoms with Crippen molar-refractivity contribution in [2.75, 3.05) is 0 Å². The quantitative estimate of drug-likeness (QED) is 0.734. The van der Waals surface area contributed by atoms with Crippen LogP contribution in [0.5, 0.6) is 0 Å². The SMILES string of the molecule is C[C@H](N)c1ccc(P(c2ccccc2)c2ccccc2)cc1. The van der Waals surface area contributed by atoms with Crippen molar-refractivity contribution in [3.8, 4) is 0 Å². The maximum Gasteiger partial charge on any atom is 0.0266 e. The van der Waals surface area contributed by atoms with E-state index >= 15 is 0 Å². The van der Waals surface area contributed by atoms with Crippen molar-refractivity contribution < 1.29 is 0 Å². The van der Waals surface area contributed by atoms with E-state index in [-0.39, 0.29) is 6.04 Å². The van der Waals surface area contributed by atoms with E-state index in [1.165, 1.54) is 21.5 Å². The van der Waals surface area contributed by atoms with Crippen LogP contribution < -0.4 is 21.6 Å². The third-order valence-corrected chi connectivity index (χ3v) is 6.15. The van der Waals surface area contributed by atoms with Crippen LogP contribution in [0.15, 0.2) is 84.9 Å². The molecular weight excluding hydrogens is 285 g/mol. The van der Waals surface area contributed by atoms with Crippen LogP contribution >= 0.6 is 7.92 Å². The van der Waals surface area contributed by atoms with Crippen LogP contribution in [-0.4, -0.2) is 0 Å². The predicted octanol–water partition coefficient (Wildman–Crippen LogP) is 3.46. The summed E-state index contributed by atoms with van der Waals surface area (Å²) in [4.78, 5) is 0. The topological polar surface area (TPSA) is 26.0 Å². The second-order valence-electron chi connectivity index (χ2n) is 5.39. The van der Waals surface area contributed by atoms with Gasteiger partial charge in [-0.3, -0.25) is 0 Å². The number of hydrogen-bond donors (Lipinski definition) is 1. The van der Waals surface area contributed by atoms with Gasteiger partial charge >= 0.3 is 0 Å². The van der Waals surface area contributed by atoms with E-state index in [2.05, 4.69) is 84.9 Å². The molecule has 0 spiro atoms. The fourth-order valence-electron chi connectivity index (χ4n) is 2.53. The van der Waals surface area contributed by atoms with Crippen LogP contribution in [0.3, 0.4) is 0 Å². The van der Waals surface area contributed by atoms with Gasteiger partial charge in [0.15, 0.2) is 0 Å². The van der Waals surface area contributed by atoms with E-state index in [4.69, 9.17) is 5.73 Å². The lowest BCUT2D eigenvalue weighted by Crippen LogP contribution is -2.20. The molecule has 0 saturated heterocycles. The van der Waals surface area contributed by atoms with Gasteiger partial charge in [0.2, 0.25) is 0 Å². The predicted molar refractivity (Wildman–Crippen MR) is 97.8 cm³/mol. The van der Waals surface area contributed by atoms with Gasteiger partial charge < -0.3 is 5.73 Å². The molecule has 2 heteroatoms. The minimum Gasteiger partial charge on any atom is -0.324 e. The molecule has 0 amide bonds. The number of nitrogens with two attached hydrogens (primary N) is 1. The Kier molecular flexibility index (Phi) is 4.68. The Bertz CT molecular complexity index is 666. The molecule has 110 valence electrons. The lowest BCUT2D eigenvalue weighted by atomic mass is 10.1. The van der Waals surface area contributed by atoms with Gasteiger partial charge in [0, 0.05) is 6.04 Å². The second-order valence-corrected chi connectivity index (χ2v) is 7.61. The van der Waals surface area contributed by atoms with E-state index in [0.29, 0.717) is 0 Å². The summed E-state index contributed by atoms with van der Waals surface area (Å²) in [6.45, 7) is 2.02. The van der Waals surface area contributed by atoms with Crippen molar-refractivity contribution in [1.82, 2.24) is 0 Å². The normalized spacial score (nSPS) is 12.3. The first-order valence-corrected chi connectivity index (χ1v) is 8.85. The van der Waals surface area contributed by atoms with Gasteiger partial charge in [-0.2, -0.15) is 0 Å². The Balaban J connectivity index is 2.06. The maximum absolute atomic E-state index is 5.97. The third kappa shape index (κ3) is 3.27.